The van der Waals surface area contributed by atoms with E-state index in [-0.39, 0.29) is 11.9 Å². The molecule has 0 aromatic rings. The second-order valence-electron chi connectivity index (χ2n) is 4.53. The normalized spacial score (nSPS) is 52.1. The molecular weight excluding hydrogens is 166 g/mol. The second kappa shape index (κ2) is 2.15. The number of hydrogen-bond donors (Lipinski definition) is 2. The van der Waals surface area contributed by atoms with Gasteiger partial charge in [-0.25, -0.2) is 0 Å². The maximum Gasteiger partial charge on any atom is 0.244 e. The average Bonchev–Trinajstić information content (AvgIpc) is 2.59. The third-order valence-corrected chi connectivity index (χ3v) is 3.84. The van der Waals surface area contributed by atoms with E-state index >= 15 is 0 Å². The van der Waals surface area contributed by atoms with Crippen LogP contribution in [-0.2, 0) is 4.79 Å². The van der Waals surface area contributed by atoms with Crippen molar-refractivity contribution < 1.29 is 9.90 Å². The third kappa shape index (κ3) is 0.854. The molecule has 1 amide bonds. The summed E-state index contributed by atoms with van der Waals surface area (Å²) < 4.78 is 0. The molecule has 0 radical (unpaired) electrons. The molecule has 0 aromatic heterocycles. The molecule has 2 saturated carbocycles. The Hall–Kier alpha value is -0.830. The minimum atomic E-state index is -0.601. The first-order chi connectivity index (χ1) is 6.19. The molecule has 2 bridgehead atoms. The fraction of sp³-hybridized carbons (Fsp3) is 0.700. The molecule has 0 spiro atoms. The molecule has 0 aromatic carbocycles. The molecule has 13 heavy (non-hydrogen) atoms. The van der Waals surface area contributed by atoms with Gasteiger partial charge in [-0.3, -0.25) is 4.79 Å². The lowest BCUT2D eigenvalue weighted by atomic mass is 9.81. The highest BCUT2D eigenvalue weighted by Gasteiger charge is 2.57. The smallest absolute Gasteiger partial charge is 0.244 e. The molecular formula is C10H13NO2. The van der Waals surface area contributed by atoms with Crippen molar-refractivity contribution in [1.82, 2.24) is 5.32 Å². The van der Waals surface area contributed by atoms with E-state index in [2.05, 4.69) is 5.32 Å². The largest absolute Gasteiger partial charge is 0.388 e. The Morgan fingerprint density at radius 3 is 3.31 bits per heavy atom. The van der Waals surface area contributed by atoms with Crippen LogP contribution < -0.4 is 5.32 Å². The van der Waals surface area contributed by atoms with Crippen molar-refractivity contribution in [2.75, 3.05) is 0 Å². The molecule has 3 rings (SSSR count). The van der Waals surface area contributed by atoms with E-state index in [0.29, 0.717) is 11.8 Å². The Bertz CT molecular complexity index is 299. The second-order valence-corrected chi connectivity index (χ2v) is 4.53. The number of carbonyl (C=O) groups is 1. The first-order valence-electron chi connectivity index (χ1n) is 4.90. The van der Waals surface area contributed by atoms with Crippen LogP contribution in [0.2, 0.25) is 0 Å². The van der Waals surface area contributed by atoms with E-state index in [1.807, 2.05) is 6.08 Å². The van der Waals surface area contributed by atoms with Crippen LogP contribution in [0.1, 0.15) is 19.3 Å². The van der Waals surface area contributed by atoms with Crippen molar-refractivity contribution >= 4 is 5.91 Å². The Balaban J connectivity index is 2.00. The summed E-state index contributed by atoms with van der Waals surface area (Å²) in [6.45, 7) is 0. The van der Waals surface area contributed by atoms with Crippen LogP contribution in [-0.4, -0.2) is 22.7 Å². The molecule has 1 aliphatic heterocycles. The van der Waals surface area contributed by atoms with E-state index in [1.54, 1.807) is 6.08 Å². The van der Waals surface area contributed by atoms with Gasteiger partial charge in [-0.2, -0.15) is 0 Å². The van der Waals surface area contributed by atoms with Crippen molar-refractivity contribution in [2.45, 2.75) is 30.9 Å². The zero-order chi connectivity index (χ0) is 9.05. The Morgan fingerprint density at radius 1 is 1.62 bits per heavy atom. The molecule has 3 nitrogen and oxygen atoms in total. The van der Waals surface area contributed by atoms with Gasteiger partial charge in [0, 0.05) is 5.92 Å². The maximum absolute atomic E-state index is 11.1. The van der Waals surface area contributed by atoms with Crippen molar-refractivity contribution in [3.05, 3.63) is 12.2 Å². The van der Waals surface area contributed by atoms with E-state index in [0.717, 1.165) is 19.3 Å². The van der Waals surface area contributed by atoms with Crippen LogP contribution in [0.15, 0.2) is 12.2 Å². The summed E-state index contributed by atoms with van der Waals surface area (Å²) in [4.78, 5) is 11.1. The van der Waals surface area contributed by atoms with Gasteiger partial charge in [0.25, 0.3) is 0 Å². The summed E-state index contributed by atoms with van der Waals surface area (Å²) in [5.74, 6) is 0.922. The number of aliphatic hydroxyl groups is 1. The summed E-state index contributed by atoms with van der Waals surface area (Å²) in [6, 6.07) is -0.0104. The first-order valence-corrected chi connectivity index (χ1v) is 4.90. The minimum Gasteiger partial charge on any atom is -0.388 e. The number of rotatable bonds is 0. The SMILES string of the molecule is O=C1C=CC2C3CCC(O)(C3)C2N1. The maximum atomic E-state index is 11.1. The highest BCUT2D eigenvalue weighted by molar-refractivity contribution is 5.89. The Kier molecular flexibility index (Phi) is 1.25. The van der Waals surface area contributed by atoms with Gasteiger partial charge in [-0.1, -0.05) is 6.08 Å². The van der Waals surface area contributed by atoms with Crippen molar-refractivity contribution in [3.63, 3.8) is 0 Å². The topological polar surface area (TPSA) is 49.3 Å². The van der Waals surface area contributed by atoms with Gasteiger partial charge in [0.2, 0.25) is 5.91 Å². The van der Waals surface area contributed by atoms with Crippen LogP contribution in [0.4, 0.5) is 0 Å². The zero-order valence-electron chi connectivity index (χ0n) is 7.36. The van der Waals surface area contributed by atoms with Gasteiger partial charge in [-0.05, 0) is 31.3 Å². The first kappa shape index (κ1) is 7.56. The lowest BCUT2D eigenvalue weighted by Crippen LogP contribution is -2.54. The van der Waals surface area contributed by atoms with Gasteiger partial charge in [0.15, 0.2) is 0 Å². The highest BCUT2D eigenvalue weighted by Crippen LogP contribution is 2.52. The quantitative estimate of drug-likeness (QED) is 0.558. The lowest BCUT2D eigenvalue weighted by molar-refractivity contribution is -0.120. The molecule has 1 heterocycles. The number of carbonyl (C=O) groups excluding carboxylic acids is 1. The van der Waals surface area contributed by atoms with Crippen LogP contribution in [0.3, 0.4) is 0 Å². The molecule has 0 saturated heterocycles. The summed E-state index contributed by atoms with van der Waals surface area (Å²) in [5.41, 5.74) is -0.601. The number of nitrogens with one attached hydrogen (secondary N) is 1. The molecule has 4 atom stereocenters. The molecule has 3 aliphatic rings. The summed E-state index contributed by atoms with van der Waals surface area (Å²) in [5, 5.41) is 13.1. The van der Waals surface area contributed by atoms with Gasteiger partial charge < -0.3 is 10.4 Å². The van der Waals surface area contributed by atoms with Crippen LogP contribution in [0.25, 0.3) is 0 Å². The van der Waals surface area contributed by atoms with Crippen LogP contribution >= 0.6 is 0 Å². The highest BCUT2D eigenvalue weighted by atomic mass is 16.3. The molecule has 4 unspecified atom stereocenters. The average molecular weight is 179 g/mol. The lowest BCUT2D eigenvalue weighted by Gasteiger charge is -2.36. The number of amides is 1. The van der Waals surface area contributed by atoms with Gasteiger partial charge in [-0.15, -0.1) is 0 Å². The summed E-state index contributed by atoms with van der Waals surface area (Å²) >= 11 is 0. The fourth-order valence-corrected chi connectivity index (χ4v) is 3.23. The predicted octanol–water partition coefficient (Wildman–Crippen LogP) is 0.202. The van der Waals surface area contributed by atoms with Gasteiger partial charge >= 0.3 is 0 Å². The van der Waals surface area contributed by atoms with E-state index in [4.69, 9.17) is 0 Å². The van der Waals surface area contributed by atoms with E-state index in [1.165, 1.54) is 0 Å². The number of hydrogen-bond acceptors (Lipinski definition) is 2. The fourth-order valence-electron chi connectivity index (χ4n) is 3.23. The minimum absolute atomic E-state index is 0.0104. The molecule has 3 heteroatoms. The van der Waals surface area contributed by atoms with Crippen molar-refractivity contribution in [3.8, 4) is 0 Å². The molecule has 2 N–H and O–H groups in total. The monoisotopic (exact) mass is 179 g/mol. The van der Waals surface area contributed by atoms with Gasteiger partial charge in [0.1, 0.15) is 0 Å². The van der Waals surface area contributed by atoms with Crippen molar-refractivity contribution in [1.29, 1.82) is 0 Å². The van der Waals surface area contributed by atoms with Crippen LogP contribution in [0.5, 0.6) is 0 Å². The Labute approximate surface area is 76.8 Å². The zero-order valence-corrected chi connectivity index (χ0v) is 7.36. The van der Waals surface area contributed by atoms with Gasteiger partial charge in [0.05, 0.1) is 11.6 Å². The van der Waals surface area contributed by atoms with E-state index in [9.17, 15) is 9.90 Å². The van der Waals surface area contributed by atoms with Crippen LogP contribution in [0, 0.1) is 11.8 Å². The Morgan fingerprint density at radius 2 is 2.46 bits per heavy atom. The number of fused-ring (bicyclic) bond motifs is 5. The van der Waals surface area contributed by atoms with Crippen molar-refractivity contribution in [2.24, 2.45) is 11.8 Å². The molecule has 2 aliphatic carbocycles. The summed E-state index contributed by atoms with van der Waals surface area (Å²) in [7, 11) is 0. The van der Waals surface area contributed by atoms with E-state index < -0.39 is 5.60 Å². The standard InChI is InChI=1S/C10H13NO2/c12-8-2-1-7-6-3-4-10(13,5-6)9(7)11-8/h1-2,6-7,9,13H,3-5H2,(H,11,12). The predicted molar refractivity (Wildman–Crippen MR) is 46.9 cm³/mol. The summed E-state index contributed by atoms with van der Waals surface area (Å²) in [6.07, 6.45) is 6.41. The molecule has 70 valence electrons. The molecule has 2 fully saturated rings. The third-order valence-electron chi connectivity index (χ3n) is 3.84.